The Morgan fingerprint density at radius 1 is 0.913 bits per heavy atom. The summed E-state index contributed by atoms with van der Waals surface area (Å²) in [6.07, 6.45) is 0. The van der Waals surface area contributed by atoms with Gasteiger partial charge in [-0.05, 0) is 35.7 Å². The van der Waals surface area contributed by atoms with E-state index in [1.165, 1.54) is 10.1 Å². The molecule has 0 saturated heterocycles. The molecule has 0 fully saturated rings. The number of aromatic nitrogens is 3. The number of ether oxygens (including phenoxy) is 2. The Labute approximate surface area is 135 Å². The van der Waals surface area contributed by atoms with Gasteiger partial charge in [-0.3, -0.25) is 0 Å². The van der Waals surface area contributed by atoms with Crippen molar-refractivity contribution in [2.45, 2.75) is 0 Å². The molecular weight excluding hydrogens is 310 g/mol. The number of benzene rings is 2. The first kappa shape index (κ1) is 12.7. The Balaban J connectivity index is 1.64. The molecule has 0 unspecified atom stereocenters. The lowest BCUT2D eigenvalue weighted by molar-refractivity contribution is 0.174. The van der Waals surface area contributed by atoms with Gasteiger partial charge in [-0.15, -0.1) is 11.3 Å². The smallest absolute Gasteiger partial charge is 0.231 e. The number of fused-ring (bicyclic) bond motifs is 2. The van der Waals surface area contributed by atoms with Crippen molar-refractivity contribution in [1.82, 2.24) is 15.4 Å². The van der Waals surface area contributed by atoms with Crippen molar-refractivity contribution in [2.75, 3.05) is 6.79 Å². The lowest BCUT2D eigenvalue weighted by atomic mass is 10.1. The summed E-state index contributed by atoms with van der Waals surface area (Å²) >= 11 is 1.71. The number of nitrogens with one attached hydrogen (secondary N) is 1. The van der Waals surface area contributed by atoms with Crippen molar-refractivity contribution < 1.29 is 9.47 Å². The van der Waals surface area contributed by atoms with Crippen LogP contribution in [0.25, 0.3) is 31.9 Å². The number of H-pyrrole nitrogens is 1. The average molecular weight is 321 g/mol. The third-order valence-corrected chi connectivity index (χ3v) is 4.98. The molecule has 0 atom stereocenters. The molecule has 0 bridgehead atoms. The zero-order chi connectivity index (χ0) is 15.2. The second-order valence-electron chi connectivity index (χ2n) is 5.24. The molecular formula is C17H11N3O2S. The van der Waals surface area contributed by atoms with E-state index in [1.807, 2.05) is 30.3 Å². The summed E-state index contributed by atoms with van der Waals surface area (Å²) in [7, 11) is 0. The summed E-state index contributed by atoms with van der Waals surface area (Å²) in [5, 5.41) is 12.6. The van der Waals surface area contributed by atoms with Crippen molar-refractivity contribution in [1.29, 1.82) is 0 Å². The van der Waals surface area contributed by atoms with Gasteiger partial charge in [0.1, 0.15) is 11.4 Å². The largest absolute Gasteiger partial charge is 0.454 e. The summed E-state index contributed by atoms with van der Waals surface area (Å²) in [5.41, 5.74) is 2.62. The van der Waals surface area contributed by atoms with Gasteiger partial charge in [-0.2, -0.15) is 15.4 Å². The SMILES string of the molecule is c1ccc2sc(-c3n[nH]nc3-c3ccc4c(c3)OCO4)cc2c1. The molecule has 1 N–H and O–H groups in total. The van der Waals surface area contributed by atoms with Crippen LogP contribution >= 0.6 is 11.3 Å². The first-order valence-electron chi connectivity index (χ1n) is 7.18. The number of rotatable bonds is 2. The summed E-state index contributed by atoms with van der Waals surface area (Å²) in [4.78, 5) is 1.09. The number of aromatic amines is 1. The summed E-state index contributed by atoms with van der Waals surface area (Å²) in [6.45, 7) is 0.265. The van der Waals surface area contributed by atoms with Gasteiger partial charge in [-0.1, -0.05) is 18.2 Å². The van der Waals surface area contributed by atoms with E-state index in [9.17, 15) is 0 Å². The van der Waals surface area contributed by atoms with Crippen LogP contribution in [0.15, 0.2) is 48.5 Å². The molecule has 2 aromatic heterocycles. The van der Waals surface area contributed by atoms with E-state index in [4.69, 9.17) is 9.47 Å². The van der Waals surface area contributed by atoms with Crippen LogP contribution in [0.4, 0.5) is 0 Å². The maximum absolute atomic E-state index is 5.45. The van der Waals surface area contributed by atoms with E-state index in [0.29, 0.717) is 0 Å². The summed E-state index contributed by atoms with van der Waals surface area (Å²) in [5.74, 6) is 1.51. The average Bonchev–Trinajstić information content (AvgIpc) is 3.31. The lowest BCUT2D eigenvalue weighted by Gasteiger charge is -2.01. The molecule has 6 heteroatoms. The molecule has 23 heavy (non-hydrogen) atoms. The fraction of sp³-hybridized carbons (Fsp3) is 0.0588. The van der Waals surface area contributed by atoms with Gasteiger partial charge in [0.25, 0.3) is 0 Å². The zero-order valence-electron chi connectivity index (χ0n) is 11.9. The van der Waals surface area contributed by atoms with Crippen LogP contribution in [-0.2, 0) is 0 Å². The monoisotopic (exact) mass is 321 g/mol. The van der Waals surface area contributed by atoms with E-state index in [1.54, 1.807) is 11.3 Å². The molecule has 0 amide bonds. The standard InChI is InChI=1S/C17H11N3O2S/c1-2-4-14-10(3-1)8-15(23-14)17-16(18-20-19-17)11-5-6-12-13(7-11)22-9-21-12/h1-8H,9H2,(H,18,19,20). The second-order valence-corrected chi connectivity index (χ2v) is 6.32. The lowest BCUT2D eigenvalue weighted by Crippen LogP contribution is -1.92. The second kappa shape index (κ2) is 4.82. The number of hydrogen-bond acceptors (Lipinski definition) is 5. The van der Waals surface area contributed by atoms with Crippen LogP contribution < -0.4 is 9.47 Å². The highest BCUT2D eigenvalue weighted by molar-refractivity contribution is 7.22. The quantitative estimate of drug-likeness (QED) is 0.604. The van der Waals surface area contributed by atoms with Gasteiger partial charge in [0.15, 0.2) is 11.5 Å². The highest BCUT2D eigenvalue weighted by Gasteiger charge is 2.19. The van der Waals surface area contributed by atoms with Gasteiger partial charge in [0.2, 0.25) is 6.79 Å². The van der Waals surface area contributed by atoms with Crippen LogP contribution in [0.1, 0.15) is 0 Å². The van der Waals surface area contributed by atoms with Crippen LogP contribution in [0, 0.1) is 0 Å². The molecule has 0 aliphatic carbocycles. The van der Waals surface area contributed by atoms with Crippen LogP contribution in [0.2, 0.25) is 0 Å². The van der Waals surface area contributed by atoms with E-state index in [-0.39, 0.29) is 6.79 Å². The van der Waals surface area contributed by atoms with Crippen molar-refractivity contribution in [3.05, 3.63) is 48.5 Å². The Bertz CT molecular complexity index is 989. The first-order valence-corrected chi connectivity index (χ1v) is 8.00. The minimum absolute atomic E-state index is 0.265. The molecule has 1 aliphatic rings. The van der Waals surface area contributed by atoms with E-state index >= 15 is 0 Å². The van der Waals surface area contributed by atoms with E-state index in [0.717, 1.165) is 33.3 Å². The summed E-state index contributed by atoms with van der Waals surface area (Å²) in [6, 6.07) is 16.3. The molecule has 1 aliphatic heterocycles. The third kappa shape index (κ3) is 1.99. The molecule has 0 saturated carbocycles. The van der Waals surface area contributed by atoms with Crippen molar-refractivity contribution in [3.63, 3.8) is 0 Å². The van der Waals surface area contributed by atoms with Crippen molar-refractivity contribution in [2.24, 2.45) is 0 Å². The van der Waals surface area contributed by atoms with Gasteiger partial charge < -0.3 is 9.47 Å². The fourth-order valence-corrected chi connectivity index (χ4v) is 3.80. The van der Waals surface area contributed by atoms with Gasteiger partial charge in [0, 0.05) is 10.3 Å². The Morgan fingerprint density at radius 2 is 1.78 bits per heavy atom. The molecule has 0 radical (unpaired) electrons. The Hall–Kier alpha value is -2.86. The molecule has 0 spiro atoms. The predicted octanol–water partition coefficient (Wildman–Crippen LogP) is 4.08. The topological polar surface area (TPSA) is 60.0 Å². The van der Waals surface area contributed by atoms with Crippen LogP contribution in [0.3, 0.4) is 0 Å². The third-order valence-electron chi connectivity index (χ3n) is 3.85. The van der Waals surface area contributed by atoms with E-state index in [2.05, 4.69) is 33.6 Å². The Kier molecular flexibility index (Phi) is 2.65. The molecule has 112 valence electrons. The van der Waals surface area contributed by atoms with Crippen LogP contribution in [0.5, 0.6) is 11.5 Å². The first-order chi connectivity index (χ1) is 11.4. The predicted molar refractivity (Wildman–Crippen MR) is 88.8 cm³/mol. The van der Waals surface area contributed by atoms with E-state index < -0.39 is 0 Å². The van der Waals surface area contributed by atoms with Gasteiger partial charge in [0.05, 0.1) is 4.88 Å². The van der Waals surface area contributed by atoms with Gasteiger partial charge in [-0.25, -0.2) is 0 Å². The number of thiophene rings is 1. The van der Waals surface area contributed by atoms with Gasteiger partial charge >= 0.3 is 0 Å². The molecule has 4 aromatic rings. The highest BCUT2D eigenvalue weighted by Crippen LogP contribution is 2.40. The minimum Gasteiger partial charge on any atom is -0.454 e. The molecule has 3 heterocycles. The Morgan fingerprint density at radius 3 is 2.74 bits per heavy atom. The van der Waals surface area contributed by atoms with Crippen LogP contribution in [-0.4, -0.2) is 22.2 Å². The normalized spacial score (nSPS) is 12.9. The van der Waals surface area contributed by atoms with Crippen molar-refractivity contribution in [3.8, 4) is 33.3 Å². The minimum atomic E-state index is 0.265. The maximum Gasteiger partial charge on any atom is 0.231 e. The number of hydrogen-bond donors (Lipinski definition) is 1. The highest BCUT2D eigenvalue weighted by atomic mass is 32.1. The van der Waals surface area contributed by atoms with Crippen molar-refractivity contribution >= 4 is 21.4 Å². The summed E-state index contributed by atoms with van der Waals surface area (Å²) < 4.78 is 12.1. The maximum atomic E-state index is 5.45. The molecule has 2 aromatic carbocycles. The molecule has 5 nitrogen and oxygen atoms in total. The zero-order valence-corrected chi connectivity index (χ0v) is 12.8. The number of nitrogens with zero attached hydrogens (tertiary/aromatic N) is 2. The molecule has 5 rings (SSSR count). The fourth-order valence-electron chi connectivity index (χ4n) is 2.75.